The molecular formula is C15H24N2O. The molecule has 100 valence electrons. The van der Waals surface area contributed by atoms with Crippen molar-refractivity contribution in [1.29, 1.82) is 0 Å². The van der Waals surface area contributed by atoms with E-state index in [-0.39, 0.29) is 5.41 Å². The van der Waals surface area contributed by atoms with Crippen molar-refractivity contribution in [3.63, 3.8) is 0 Å². The first-order chi connectivity index (χ1) is 8.72. The summed E-state index contributed by atoms with van der Waals surface area (Å²) < 4.78 is 2.12. The standard InChI is InChI=1S/C15H24N2O/c1-3-10-17-11-9-16-14(17)12-13(18)15(4-2)7-5-6-8-15/h9,11H,3-8,10,12H2,1-2H3. The molecule has 0 N–H and O–H groups in total. The highest BCUT2D eigenvalue weighted by molar-refractivity contribution is 5.86. The summed E-state index contributed by atoms with van der Waals surface area (Å²) in [5.41, 5.74) is -0.0387. The number of Topliss-reactive ketones (excluding diaryl/α,β-unsaturated/α-hetero) is 1. The van der Waals surface area contributed by atoms with Gasteiger partial charge in [0.25, 0.3) is 0 Å². The van der Waals surface area contributed by atoms with Crippen LogP contribution >= 0.6 is 0 Å². The molecule has 1 saturated carbocycles. The number of hydrogen-bond acceptors (Lipinski definition) is 2. The highest BCUT2D eigenvalue weighted by Crippen LogP contribution is 2.42. The smallest absolute Gasteiger partial charge is 0.146 e. The van der Waals surface area contributed by atoms with Crippen molar-refractivity contribution in [2.45, 2.75) is 65.3 Å². The van der Waals surface area contributed by atoms with E-state index in [1.54, 1.807) is 0 Å². The molecule has 1 aliphatic rings. The van der Waals surface area contributed by atoms with E-state index in [0.29, 0.717) is 12.2 Å². The zero-order valence-corrected chi connectivity index (χ0v) is 11.6. The van der Waals surface area contributed by atoms with Crippen molar-refractivity contribution in [2.75, 3.05) is 0 Å². The summed E-state index contributed by atoms with van der Waals surface area (Å²) in [6.45, 7) is 5.26. The van der Waals surface area contributed by atoms with Crippen LogP contribution in [0.2, 0.25) is 0 Å². The third-order valence-corrected chi connectivity index (χ3v) is 4.41. The Morgan fingerprint density at radius 3 is 2.72 bits per heavy atom. The summed E-state index contributed by atoms with van der Waals surface area (Å²) >= 11 is 0. The van der Waals surface area contributed by atoms with Gasteiger partial charge in [-0.3, -0.25) is 4.79 Å². The Hall–Kier alpha value is -1.12. The minimum atomic E-state index is -0.0387. The molecule has 1 aromatic rings. The van der Waals surface area contributed by atoms with E-state index in [4.69, 9.17) is 0 Å². The maximum absolute atomic E-state index is 12.6. The lowest BCUT2D eigenvalue weighted by Crippen LogP contribution is -2.29. The lowest BCUT2D eigenvalue weighted by atomic mass is 9.78. The Morgan fingerprint density at radius 2 is 2.11 bits per heavy atom. The lowest BCUT2D eigenvalue weighted by molar-refractivity contribution is -0.128. The number of rotatable bonds is 6. The third-order valence-electron chi connectivity index (χ3n) is 4.41. The molecule has 18 heavy (non-hydrogen) atoms. The molecular weight excluding hydrogens is 224 g/mol. The van der Waals surface area contributed by atoms with Gasteiger partial charge in [-0.25, -0.2) is 4.98 Å². The lowest BCUT2D eigenvalue weighted by Gasteiger charge is -2.25. The van der Waals surface area contributed by atoms with Crippen LogP contribution in [0.15, 0.2) is 12.4 Å². The van der Waals surface area contributed by atoms with Gasteiger partial charge in [-0.1, -0.05) is 26.7 Å². The van der Waals surface area contributed by atoms with Crippen molar-refractivity contribution in [2.24, 2.45) is 5.41 Å². The first-order valence-corrected chi connectivity index (χ1v) is 7.25. The fraction of sp³-hybridized carbons (Fsp3) is 0.733. The van der Waals surface area contributed by atoms with Crippen LogP contribution in [0.3, 0.4) is 0 Å². The molecule has 0 radical (unpaired) electrons. The van der Waals surface area contributed by atoms with Gasteiger partial charge in [-0.2, -0.15) is 0 Å². The molecule has 0 aliphatic heterocycles. The molecule has 1 fully saturated rings. The van der Waals surface area contributed by atoms with Crippen LogP contribution in [0.25, 0.3) is 0 Å². The van der Waals surface area contributed by atoms with E-state index < -0.39 is 0 Å². The fourth-order valence-electron chi connectivity index (χ4n) is 3.16. The predicted octanol–water partition coefficient (Wildman–Crippen LogP) is 3.38. The van der Waals surface area contributed by atoms with E-state index in [0.717, 1.165) is 38.1 Å². The SMILES string of the molecule is CCCn1ccnc1CC(=O)C1(CC)CCCC1. The third kappa shape index (κ3) is 2.50. The average Bonchev–Trinajstić information content (AvgIpc) is 3.00. The minimum absolute atomic E-state index is 0.0387. The highest BCUT2D eigenvalue weighted by atomic mass is 16.1. The number of carbonyl (C=O) groups is 1. The number of imidazole rings is 1. The van der Waals surface area contributed by atoms with Crippen LogP contribution in [0.1, 0.15) is 58.2 Å². The van der Waals surface area contributed by atoms with Gasteiger partial charge >= 0.3 is 0 Å². The topological polar surface area (TPSA) is 34.9 Å². The Bertz CT molecular complexity index is 402. The Balaban J connectivity index is 2.08. The van der Waals surface area contributed by atoms with Gasteiger partial charge < -0.3 is 4.57 Å². The Labute approximate surface area is 110 Å². The van der Waals surface area contributed by atoms with Gasteiger partial charge in [0.15, 0.2) is 0 Å². The van der Waals surface area contributed by atoms with E-state index in [2.05, 4.69) is 23.4 Å². The van der Waals surface area contributed by atoms with Crippen molar-refractivity contribution in [3.8, 4) is 0 Å². The molecule has 0 bridgehead atoms. The van der Waals surface area contributed by atoms with Gasteiger partial charge in [0.2, 0.25) is 0 Å². The number of aryl methyl sites for hydroxylation is 1. The van der Waals surface area contributed by atoms with Crippen molar-refractivity contribution in [3.05, 3.63) is 18.2 Å². The van der Waals surface area contributed by atoms with Gasteiger partial charge in [-0.15, -0.1) is 0 Å². The largest absolute Gasteiger partial charge is 0.335 e. The van der Waals surface area contributed by atoms with Crippen LogP contribution in [-0.4, -0.2) is 15.3 Å². The monoisotopic (exact) mass is 248 g/mol. The summed E-state index contributed by atoms with van der Waals surface area (Å²) in [4.78, 5) is 16.9. The highest BCUT2D eigenvalue weighted by Gasteiger charge is 2.39. The zero-order chi connectivity index (χ0) is 13.0. The van der Waals surface area contributed by atoms with Crippen LogP contribution < -0.4 is 0 Å². The van der Waals surface area contributed by atoms with Crippen LogP contribution in [-0.2, 0) is 17.8 Å². The number of hydrogen-bond donors (Lipinski definition) is 0. The van der Waals surface area contributed by atoms with Crippen molar-refractivity contribution in [1.82, 2.24) is 9.55 Å². The van der Waals surface area contributed by atoms with E-state index >= 15 is 0 Å². The summed E-state index contributed by atoms with van der Waals surface area (Å²) in [7, 11) is 0. The number of ketones is 1. The molecule has 0 spiro atoms. The van der Waals surface area contributed by atoms with Crippen LogP contribution in [0.5, 0.6) is 0 Å². The molecule has 3 nitrogen and oxygen atoms in total. The second-order valence-electron chi connectivity index (χ2n) is 5.48. The Morgan fingerprint density at radius 1 is 1.39 bits per heavy atom. The molecule has 2 rings (SSSR count). The first kappa shape index (κ1) is 13.3. The molecule has 1 aliphatic carbocycles. The molecule has 3 heteroatoms. The van der Waals surface area contributed by atoms with E-state index in [9.17, 15) is 4.79 Å². The Kier molecular flexibility index (Phi) is 4.20. The first-order valence-electron chi connectivity index (χ1n) is 7.25. The molecule has 0 unspecified atom stereocenters. The molecule has 0 aromatic carbocycles. The fourth-order valence-corrected chi connectivity index (χ4v) is 3.16. The van der Waals surface area contributed by atoms with Gasteiger partial charge in [0.05, 0.1) is 6.42 Å². The summed E-state index contributed by atoms with van der Waals surface area (Å²) in [5, 5.41) is 0. The summed E-state index contributed by atoms with van der Waals surface area (Å²) in [6.07, 6.45) is 11.0. The van der Waals surface area contributed by atoms with E-state index in [1.807, 2.05) is 12.4 Å². The van der Waals surface area contributed by atoms with Crippen molar-refractivity contribution < 1.29 is 4.79 Å². The molecule has 1 heterocycles. The number of aromatic nitrogens is 2. The molecule has 0 saturated heterocycles. The normalized spacial score (nSPS) is 18.1. The van der Waals surface area contributed by atoms with Gasteiger partial charge in [-0.05, 0) is 25.7 Å². The predicted molar refractivity (Wildman–Crippen MR) is 72.4 cm³/mol. The summed E-state index contributed by atoms with van der Waals surface area (Å²) in [5.74, 6) is 1.35. The quantitative estimate of drug-likeness (QED) is 0.773. The summed E-state index contributed by atoms with van der Waals surface area (Å²) in [6, 6.07) is 0. The molecule has 1 aromatic heterocycles. The second kappa shape index (κ2) is 5.68. The number of carbonyl (C=O) groups excluding carboxylic acids is 1. The molecule has 0 amide bonds. The maximum atomic E-state index is 12.6. The van der Waals surface area contributed by atoms with Gasteiger partial charge in [0, 0.05) is 24.4 Å². The average molecular weight is 248 g/mol. The minimum Gasteiger partial charge on any atom is -0.335 e. The van der Waals surface area contributed by atoms with Crippen molar-refractivity contribution >= 4 is 5.78 Å². The molecule has 0 atom stereocenters. The second-order valence-corrected chi connectivity index (χ2v) is 5.48. The zero-order valence-electron chi connectivity index (χ0n) is 11.6. The number of nitrogens with zero attached hydrogens (tertiary/aromatic N) is 2. The van der Waals surface area contributed by atoms with Gasteiger partial charge in [0.1, 0.15) is 11.6 Å². The van der Waals surface area contributed by atoms with Crippen LogP contribution in [0.4, 0.5) is 0 Å². The van der Waals surface area contributed by atoms with E-state index in [1.165, 1.54) is 12.8 Å². The maximum Gasteiger partial charge on any atom is 0.146 e. The van der Waals surface area contributed by atoms with Crippen LogP contribution in [0, 0.1) is 5.41 Å².